The monoisotopic (exact) mass is 242 g/mol. The lowest BCUT2D eigenvalue weighted by atomic mass is 10.2. The lowest BCUT2D eigenvalue weighted by Crippen LogP contribution is -2.32. The van der Waals surface area contributed by atoms with Crippen LogP contribution >= 0.6 is 11.3 Å². The van der Waals surface area contributed by atoms with Crippen LogP contribution in [0.15, 0.2) is 0 Å². The van der Waals surface area contributed by atoms with Gasteiger partial charge in [0.2, 0.25) is 0 Å². The number of aryl methyl sites for hydroxylation is 2. The number of hydrogen-bond donors (Lipinski definition) is 1. The Morgan fingerprint density at radius 3 is 2.56 bits per heavy atom. The maximum atomic E-state index is 10.7. The molecule has 0 bridgehead atoms. The summed E-state index contributed by atoms with van der Waals surface area (Å²) in [4.78, 5) is 18.3. The highest BCUT2D eigenvalue weighted by Crippen LogP contribution is 2.26. The van der Waals surface area contributed by atoms with Crippen LogP contribution in [0.3, 0.4) is 0 Å². The third-order valence-corrected chi connectivity index (χ3v) is 3.53. The lowest BCUT2D eigenvalue weighted by Gasteiger charge is -2.25. The van der Waals surface area contributed by atoms with E-state index in [0.717, 1.165) is 10.7 Å². The van der Waals surface area contributed by atoms with E-state index >= 15 is 0 Å². The van der Waals surface area contributed by atoms with E-state index < -0.39 is 5.97 Å². The van der Waals surface area contributed by atoms with Crippen LogP contribution in [0.2, 0.25) is 0 Å². The number of aromatic nitrogens is 1. The second-order valence-corrected chi connectivity index (χ2v) is 5.21. The molecule has 1 atom stereocenters. The fourth-order valence-electron chi connectivity index (χ4n) is 1.80. The molecule has 1 N–H and O–H groups in total. The van der Waals surface area contributed by atoms with Gasteiger partial charge in [-0.3, -0.25) is 9.69 Å². The number of rotatable bonds is 5. The Bertz CT molecular complexity index is 376. The molecule has 5 heteroatoms. The first-order valence-corrected chi connectivity index (χ1v) is 6.17. The maximum Gasteiger partial charge on any atom is 0.317 e. The topological polar surface area (TPSA) is 53.4 Å². The maximum absolute atomic E-state index is 10.7. The van der Waals surface area contributed by atoms with Gasteiger partial charge in [0.25, 0.3) is 0 Å². The standard InChI is InChI=1S/C11H18N2O2S/c1-5-13(6-10(14)15)7(2)11-8(3)16-9(4)12-11/h7H,5-6H2,1-4H3,(H,14,15). The van der Waals surface area contributed by atoms with Crippen LogP contribution in [0.5, 0.6) is 0 Å². The molecule has 1 aromatic heterocycles. The zero-order valence-electron chi connectivity index (χ0n) is 10.1. The Labute approximate surface area is 99.9 Å². The first kappa shape index (κ1) is 13.1. The molecule has 90 valence electrons. The Morgan fingerprint density at radius 1 is 1.56 bits per heavy atom. The van der Waals surface area contributed by atoms with Crippen LogP contribution in [0.25, 0.3) is 0 Å². The van der Waals surface area contributed by atoms with Gasteiger partial charge in [0, 0.05) is 4.88 Å². The molecule has 1 aromatic rings. The van der Waals surface area contributed by atoms with Gasteiger partial charge in [0.05, 0.1) is 23.3 Å². The van der Waals surface area contributed by atoms with Crippen molar-refractivity contribution in [3.8, 4) is 0 Å². The molecule has 0 aliphatic carbocycles. The average Bonchev–Trinajstić information content (AvgIpc) is 2.53. The SMILES string of the molecule is CCN(CC(=O)O)C(C)c1nc(C)sc1C. The fourth-order valence-corrected chi connectivity index (χ4v) is 2.71. The van der Waals surface area contributed by atoms with Crippen molar-refractivity contribution in [2.75, 3.05) is 13.1 Å². The summed E-state index contributed by atoms with van der Waals surface area (Å²) < 4.78 is 0. The number of carboxylic acid groups (broad SMARTS) is 1. The number of carboxylic acids is 1. The summed E-state index contributed by atoms with van der Waals surface area (Å²) >= 11 is 1.66. The van der Waals surface area contributed by atoms with E-state index in [0.29, 0.717) is 6.54 Å². The summed E-state index contributed by atoms with van der Waals surface area (Å²) in [5.74, 6) is -0.793. The fraction of sp³-hybridized carbons (Fsp3) is 0.636. The zero-order valence-corrected chi connectivity index (χ0v) is 11.0. The minimum Gasteiger partial charge on any atom is -0.480 e. The van der Waals surface area contributed by atoms with Crippen molar-refractivity contribution in [2.24, 2.45) is 0 Å². The van der Waals surface area contributed by atoms with E-state index in [1.165, 1.54) is 4.88 Å². The molecule has 0 aromatic carbocycles. The summed E-state index contributed by atoms with van der Waals surface area (Å²) in [7, 11) is 0. The Balaban J connectivity index is 2.86. The van der Waals surface area contributed by atoms with E-state index in [4.69, 9.17) is 5.11 Å². The van der Waals surface area contributed by atoms with Gasteiger partial charge in [0.15, 0.2) is 0 Å². The van der Waals surface area contributed by atoms with Gasteiger partial charge in [-0.1, -0.05) is 6.92 Å². The molecule has 0 saturated heterocycles. The van der Waals surface area contributed by atoms with E-state index in [-0.39, 0.29) is 12.6 Å². The summed E-state index contributed by atoms with van der Waals surface area (Å²) in [5.41, 5.74) is 1.01. The third-order valence-electron chi connectivity index (χ3n) is 2.63. The molecule has 0 spiro atoms. The van der Waals surface area contributed by atoms with Crippen LogP contribution < -0.4 is 0 Å². The van der Waals surface area contributed by atoms with Crippen molar-refractivity contribution >= 4 is 17.3 Å². The first-order valence-electron chi connectivity index (χ1n) is 5.35. The van der Waals surface area contributed by atoms with E-state index in [1.54, 1.807) is 11.3 Å². The zero-order chi connectivity index (χ0) is 12.3. The second-order valence-electron chi connectivity index (χ2n) is 3.81. The summed E-state index contributed by atoms with van der Waals surface area (Å²) in [5, 5.41) is 9.86. The highest BCUT2D eigenvalue weighted by molar-refractivity contribution is 7.11. The summed E-state index contributed by atoms with van der Waals surface area (Å²) in [6.45, 7) is 8.76. The smallest absolute Gasteiger partial charge is 0.317 e. The molecule has 0 radical (unpaired) electrons. The Kier molecular flexibility index (Phi) is 4.44. The van der Waals surface area contributed by atoms with E-state index in [2.05, 4.69) is 4.98 Å². The van der Waals surface area contributed by atoms with Crippen LogP contribution in [0.1, 0.15) is 35.5 Å². The predicted molar refractivity (Wildman–Crippen MR) is 64.9 cm³/mol. The van der Waals surface area contributed by atoms with Gasteiger partial charge < -0.3 is 5.11 Å². The molecule has 0 fully saturated rings. The van der Waals surface area contributed by atoms with Crippen LogP contribution in [-0.2, 0) is 4.79 Å². The summed E-state index contributed by atoms with van der Waals surface area (Å²) in [6.07, 6.45) is 0. The van der Waals surface area contributed by atoms with Crippen LogP contribution in [-0.4, -0.2) is 34.0 Å². The highest BCUT2D eigenvalue weighted by Gasteiger charge is 2.20. The molecule has 16 heavy (non-hydrogen) atoms. The quantitative estimate of drug-likeness (QED) is 0.860. The molecule has 1 rings (SSSR count). The number of hydrogen-bond acceptors (Lipinski definition) is 4. The number of aliphatic carboxylic acids is 1. The van der Waals surface area contributed by atoms with Crippen LogP contribution in [0, 0.1) is 13.8 Å². The van der Waals surface area contributed by atoms with Crippen LogP contribution in [0.4, 0.5) is 0 Å². The largest absolute Gasteiger partial charge is 0.480 e. The number of carbonyl (C=O) groups is 1. The minimum absolute atomic E-state index is 0.0612. The van der Waals surface area contributed by atoms with Gasteiger partial charge in [-0.15, -0.1) is 11.3 Å². The molecule has 0 aliphatic rings. The normalized spacial score (nSPS) is 13.1. The number of likely N-dealkylation sites (N-methyl/N-ethyl adjacent to an activating group) is 1. The molecule has 1 unspecified atom stereocenters. The Hall–Kier alpha value is -0.940. The van der Waals surface area contributed by atoms with Gasteiger partial charge in [-0.05, 0) is 27.3 Å². The van der Waals surface area contributed by atoms with Gasteiger partial charge >= 0.3 is 5.97 Å². The predicted octanol–water partition coefficient (Wildman–Crippen LogP) is 2.23. The highest BCUT2D eigenvalue weighted by atomic mass is 32.1. The summed E-state index contributed by atoms with van der Waals surface area (Å²) in [6, 6.07) is 0.0612. The van der Waals surface area contributed by atoms with Crippen molar-refractivity contribution in [1.82, 2.24) is 9.88 Å². The van der Waals surface area contributed by atoms with Gasteiger partial charge in [-0.25, -0.2) is 4.98 Å². The lowest BCUT2D eigenvalue weighted by molar-refractivity contribution is -0.138. The molecule has 0 amide bonds. The number of nitrogens with zero attached hydrogens (tertiary/aromatic N) is 2. The molecular weight excluding hydrogens is 224 g/mol. The van der Waals surface area contributed by atoms with Gasteiger partial charge in [0.1, 0.15) is 0 Å². The second kappa shape index (κ2) is 5.41. The van der Waals surface area contributed by atoms with E-state index in [9.17, 15) is 4.79 Å². The molecule has 0 aliphatic heterocycles. The average molecular weight is 242 g/mol. The Morgan fingerprint density at radius 2 is 2.19 bits per heavy atom. The first-order chi connectivity index (χ1) is 7.45. The van der Waals surface area contributed by atoms with E-state index in [1.807, 2.05) is 32.6 Å². The third kappa shape index (κ3) is 3.02. The minimum atomic E-state index is -0.793. The van der Waals surface area contributed by atoms with Crippen molar-refractivity contribution in [3.05, 3.63) is 15.6 Å². The number of thiazole rings is 1. The van der Waals surface area contributed by atoms with Crippen molar-refractivity contribution < 1.29 is 9.90 Å². The van der Waals surface area contributed by atoms with Gasteiger partial charge in [-0.2, -0.15) is 0 Å². The molecule has 1 heterocycles. The molecular formula is C11H18N2O2S. The molecule has 4 nitrogen and oxygen atoms in total. The van der Waals surface area contributed by atoms with Crippen molar-refractivity contribution in [1.29, 1.82) is 0 Å². The van der Waals surface area contributed by atoms with Crippen molar-refractivity contribution in [3.63, 3.8) is 0 Å². The van der Waals surface area contributed by atoms with Crippen molar-refractivity contribution in [2.45, 2.75) is 33.7 Å². The molecule has 0 saturated carbocycles.